The van der Waals surface area contributed by atoms with Crippen LogP contribution in [0.1, 0.15) is 44.6 Å². The van der Waals surface area contributed by atoms with Crippen molar-refractivity contribution in [1.82, 2.24) is 14.9 Å². The number of hydrogen-bond donors (Lipinski definition) is 3. The number of nitrogens with one attached hydrogen (secondary N) is 3. The number of alkyl carbamates (subject to hydrolysis) is 1. The highest BCUT2D eigenvalue weighted by Gasteiger charge is 2.39. The van der Waals surface area contributed by atoms with Crippen molar-refractivity contribution in [3.8, 4) is 11.3 Å². The normalized spacial score (nSPS) is 12.4. The van der Waals surface area contributed by atoms with Gasteiger partial charge in [0.15, 0.2) is 0 Å². The number of amides is 3. The summed E-state index contributed by atoms with van der Waals surface area (Å²) >= 11 is 0. The number of rotatable bonds is 17. The summed E-state index contributed by atoms with van der Waals surface area (Å²) in [6.07, 6.45) is -5.55. The van der Waals surface area contributed by atoms with Crippen LogP contribution in [0.2, 0.25) is 25.7 Å². The molecule has 0 aliphatic heterocycles. The average molecular weight is 780 g/mol. The average Bonchev–Trinajstić information content (AvgIpc) is 3.49. The topological polar surface area (TPSA) is 168 Å². The van der Waals surface area contributed by atoms with Gasteiger partial charge in [-0.2, -0.15) is 13.2 Å². The number of hydrogen-bond acceptors (Lipinski definition) is 10. The Balaban J connectivity index is 1.98. The monoisotopic (exact) mass is 779 g/mol. The highest BCUT2D eigenvalue weighted by Crippen LogP contribution is 2.33. The van der Waals surface area contributed by atoms with Crippen LogP contribution < -0.4 is 16.0 Å². The van der Waals surface area contributed by atoms with Crippen LogP contribution in [-0.4, -0.2) is 80.4 Å². The molecule has 2 aromatic carbocycles. The van der Waals surface area contributed by atoms with Crippen LogP contribution in [0, 0.1) is 0 Å². The Hall–Kier alpha value is -4.94. The summed E-state index contributed by atoms with van der Waals surface area (Å²) in [6, 6.07) is 12.8. The molecule has 0 saturated heterocycles. The molecule has 3 aromatic rings. The Bertz CT molecular complexity index is 1720. The lowest BCUT2D eigenvalue weighted by Crippen LogP contribution is -2.38. The van der Waals surface area contributed by atoms with Crippen molar-refractivity contribution in [2.45, 2.75) is 84.0 Å². The van der Waals surface area contributed by atoms with Crippen molar-refractivity contribution >= 4 is 43.5 Å². The van der Waals surface area contributed by atoms with Crippen LogP contribution in [-0.2, 0) is 46.6 Å². The Morgan fingerprint density at radius 1 is 0.926 bits per heavy atom. The molecular formula is C36H48F3N5O9Si. The first-order valence-electron chi connectivity index (χ1n) is 17.0. The van der Waals surface area contributed by atoms with E-state index < -0.39 is 50.0 Å². The SMILES string of the molecule is COC(=O)Nc1ccc(-c2cn(COCC[Si](C)(C)C)c([C@@H](COCCC(=O)OCc3ccccc3)NC(=O)OC(C)(C)C)n2)c(NC(=O)C(F)(F)F)c1. The van der Waals surface area contributed by atoms with Crippen molar-refractivity contribution in [3.05, 3.63) is 66.1 Å². The number of esters is 1. The number of carbonyl (C=O) groups excluding carboxylic acids is 4. The second kappa shape index (κ2) is 19.4. The molecule has 3 N–H and O–H groups in total. The number of nitrogens with zero attached hydrogens (tertiary/aromatic N) is 2. The van der Waals surface area contributed by atoms with Crippen LogP contribution in [0.3, 0.4) is 0 Å². The van der Waals surface area contributed by atoms with Crippen LogP contribution in [0.5, 0.6) is 0 Å². The number of imidazole rings is 1. The molecule has 0 fully saturated rings. The van der Waals surface area contributed by atoms with Crippen molar-refractivity contribution in [2.24, 2.45) is 0 Å². The fourth-order valence-electron chi connectivity index (χ4n) is 4.59. The molecule has 0 saturated carbocycles. The van der Waals surface area contributed by atoms with E-state index in [-0.39, 0.29) is 61.4 Å². The molecule has 0 spiro atoms. The molecular weight excluding hydrogens is 732 g/mol. The van der Waals surface area contributed by atoms with Gasteiger partial charge in [0.25, 0.3) is 0 Å². The third-order valence-corrected chi connectivity index (χ3v) is 8.95. The number of benzene rings is 2. The van der Waals surface area contributed by atoms with E-state index in [9.17, 15) is 32.3 Å². The van der Waals surface area contributed by atoms with Gasteiger partial charge in [0.05, 0.1) is 38.1 Å². The number of ether oxygens (including phenoxy) is 5. The summed E-state index contributed by atoms with van der Waals surface area (Å²) in [5.74, 6) is -2.59. The third-order valence-electron chi connectivity index (χ3n) is 7.25. The van der Waals surface area contributed by atoms with Crippen LogP contribution in [0.4, 0.5) is 34.1 Å². The fourth-order valence-corrected chi connectivity index (χ4v) is 5.35. The van der Waals surface area contributed by atoms with E-state index in [1.807, 2.05) is 35.6 Å². The summed E-state index contributed by atoms with van der Waals surface area (Å²) in [5.41, 5.74) is -0.228. The zero-order valence-electron chi connectivity index (χ0n) is 31.4. The number of carbonyl (C=O) groups is 4. The van der Waals surface area contributed by atoms with E-state index in [4.69, 9.17) is 18.9 Å². The largest absolute Gasteiger partial charge is 0.471 e. The smallest absolute Gasteiger partial charge is 0.461 e. The van der Waals surface area contributed by atoms with Crippen molar-refractivity contribution < 1.29 is 56.0 Å². The number of halogens is 3. The fraction of sp³-hybridized carbons (Fsp3) is 0.472. The second-order valence-corrected chi connectivity index (χ2v) is 19.9. The minimum Gasteiger partial charge on any atom is -0.461 e. The van der Waals surface area contributed by atoms with Crippen LogP contribution in [0.15, 0.2) is 54.7 Å². The Labute approximate surface area is 313 Å². The van der Waals surface area contributed by atoms with Gasteiger partial charge >= 0.3 is 30.2 Å². The molecule has 0 bridgehead atoms. The molecule has 0 aliphatic rings. The number of methoxy groups -OCH3 is 1. The molecule has 1 heterocycles. The zero-order valence-corrected chi connectivity index (χ0v) is 32.4. The lowest BCUT2D eigenvalue weighted by Gasteiger charge is -2.24. The number of alkyl halides is 3. The van der Waals surface area contributed by atoms with Crippen LogP contribution >= 0.6 is 0 Å². The third kappa shape index (κ3) is 15.2. The predicted octanol–water partition coefficient (Wildman–Crippen LogP) is 7.26. The minimum atomic E-state index is -5.23. The predicted molar refractivity (Wildman–Crippen MR) is 196 cm³/mol. The first-order chi connectivity index (χ1) is 25.2. The summed E-state index contributed by atoms with van der Waals surface area (Å²) in [7, 11) is -0.380. The summed E-state index contributed by atoms with van der Waals surface area (Å²) in [5, 5.41) is 6.93. The van der Waals surface area contributed by atoms with E-state index >= 15 is 0 Å². The molecule has 1 aromatic heterocycles. The van der Waals surface area contributed by atoms with Gasteiger partial charge in [0.1, 0.15) is 30.8 Å². The molecule has 14 nitrogen and oxygen atoms in total. The standard InChI is InChI=1S/C36H48F3N5O9Si/c1-35(2,3)53-34(48)43-29(22-50-16-15-30(45)52-21-24-11-9-8-10-12-24)31-41-28(20-44(31)23-51-17-18-54(5,6)7)26-14-13-25(40-33(47)49-4)19-27(26)42-32(46)36(37,38)39/h8-14,19-20,29H,15-18,21-23H2,1-7H3,(H,40,47)(H,42,46)(H,43,48)/t29-/m1/s1. The maximum atomic E-state index is 13.4. The van der Waals surface area contributed by atoms with Crippen molar-refractivity contribution in [1.29, 1.82) is 0 Å². The van der Waals surface area contributed by atoms with Crippen molar-refractivity contribution in [2.75, 3.05) is 37.6 Å². The zero-order chi connectivity index (χ0) is 40.1. The van der Waals surface area contributed by atoms with Gasteiger partial charge in [-0.1, -0.05) is 50.0 Å². The second-order valence-electron chi connectivity index (χ2n) is 14.3. The molecule has 296 valence electrons. The molecule has 0 aliphatic carbocycles. The minimum absolute atomic E-state index is 0.0255. The van der Waals surface area contributed by atoms with E-state index in [2.05, 4.69) is 40.0 Å². The van der Waals surface area contributed by atoms with Gasteiger partial charge in [-0.15, -0.1) is 0 Å². The quantitative estimate of drug-likeness (QED) is 0.0549. The lowest BCUT2D eigenvalue weighted by molar-refractivity contribution is -0.167. The summed E-state index contributed by atoms with van der Waals surface area (Å²) in [4.78, 5) is 54.1. The van der Waals surface area contributed by atoms with E-state index in [1.165, 1.54) is 18.3 Å². The first kappa shape index (κ1) is 43.5. The summed E-state index contributed by atoms with van der Waals surface area (Å²) < 4.78 is 68.9. The van der Waals surface area contributed by atoms with Gasteiger partial charge in [-0.05, 0) is 50.6 Å². The van der Waals surface area contributed by atoms with E-state index in [0.29, 0.717) is 6.61 Å². The van der Waals surface area contributed by atoms with E-state index in [1.54, 1.807) is 25.3 Å². The molecule has 0 unspecified atom stereocenters. The molecule has 3 rings (SSSR count). The highest BCUT2D eigenvalue weighted by atomic mass is 28.3. The number of anilines is 2. The molecule has 0 radical (unpaired) electrons. The highest BCUT2D eigenvalue weighted by molar-refractivity contribution is 6.76. The summed E-state index contributed by atoms with van der Waals surface area (Å²) in [6.45, 7) is 11.7. The van der Waals surface area contributed by atoms with Crippen molar-refractivity contribution in [3.63, 3.8) is 0 Å². The Kier molecular flexibility index (Phi) is 15.6. The molecule has 54 heavy (non-hydrogen) atoms. The molecule has 3 amide bonds. The van der Waals surface area contributed by atoms with Gasteiger partial charge in [0, 0.05) is 32.1 Å². The van der Waals surface area contributed by atoms with Gasteiger partial charge in [-0.3, -0.25) is 14.9 Å². The molecule has 1 atom stereocenters. The Morgan fingerprint density at radius 3 is 2.26 bits per heavy atom. The maximum Gasteiger partial charge on any atom is 0.471 e. The lowest BCUT2D eigenvalue weighted by atomic mass is 10.1. The van der Waals surface area contributed by atoms with E-state index in [0.717, 1.165) is 24.8 Å². The van der Waals surface area contributed by atoms with Gasteiger partial charge in [0.2, 0.25) is 0 Å². The first-order valence-corrected chi connectivity index (χ1v) is 20.7. The van der Waals surface area contributed by atoms with Crippen LogP contribution in [0.25, 0.3) is 11.3 Å². The number of aromatic nitrogens is 2. The maximum absolute atomic E-state index is 13.4. The van der Waals surface area contributed by atoms with Gasteiger partial charge in [-0.25, -0.2) is 14.6 Å². The Morgan fingerprint density at radius 2 is 1.63 bits per heavy atom. The van der Waals surface area contributed by atoms with Gasteiger partial charge < -0.3 is 38.9 Å². The molecule has 18 heteroatoms.